The van der Waals surface area contributed by atoms with E-state index in [0.29, 0.717) is 36.7 Å². The van der Waals surface area contributed by atoms with Gasteiger partial charge in [0.25, 0.3) is 11.8 Å². The molecule has 2 heterocycles. The Morgan fingerprint density at radius 3 is 2.28 bits per heavy atom. The van der Waals surface area contributed by atoms with Gasteiger partial charge in [-0.1, -0.05) is 48.0 Å². The molecule has 1 atom stereocenters. The van der Waals surface area contributed by atoms with E-state index in [4.69, 9.17) is 4.74 Å². The van der Waals surface area contributed by atoms with Crippen LogP contribution in [0.1, 0.15) is 60.8 Å². The summed E-state index contributed by atoms with van der Waals surface area (Å²) in [5, 5.41) is 0. The van der Waals surface area contributed by atoms with Crippen molar-refractivity contribution in [2.24, 2.45) is 0 Å². The number of nitrogens with zero attached hydrogens (tertiary/aromatic N) is 4. The summed E-state index contributed by atoms with van der Waals surface area (Å²) in [4.78, 5) is 51.7. The van der Waals surface area contributed by atoms with Crippen molar-refractivity contribution in [3.8, 4) is 0 Å². The first kappa shape index (κ1) is 25.0. The zero-order chi connectivity index (χ0) is 25.8. The van der Waals surface area contributed by atoms with Crippen molar-refractivity contribution in [3.05, 3.63) is 94.1 Å². The van der Waals surface area contributed by atoms with Crippen LogP contribution in [0.15, 0.2) is 54.6 Å². The van der Waals surface area contributed by atoms with Gasteiger partial charge < -0.3 is 14.5 Å². The van der Waals surface area contributed by atoms with Crippen LogP contribution in [0.5, 0.6) is 0 Å². The van der Waals surface area contributed by atoms with Crippen LogP contribution in [0.25, 0.3) is 0 Å². The zero-order valence-electron chi connectivity index (χ0n) is 21.0. The van der Waals surface area contributed by atoms with Gasteiger partial charge in [0, 0.05) is 31.2 Å². The molecule has 186 valence electrons. The zero-order valence-corrected chi connectivity index (χ0v) is 21.0. The molecule has 1 unspecified atom stereocenters. The fraction of sp³-hybridized carbons (Fsp3) is 0.321. The fourth-order valence-corrected chi connectivity index (χ4v) is 4.36. The van der Waals surface area contributed by atoms with Gasteiger partial charge in [-0.05, 0) is 45.4 Å². The third-order valence-electron chi connectivity index (χ3n) is 6.30. The molecular weight excluding hydrogens is 456 g/mol. The Kier molecular flexibility index (Phi) is 7.43. The van der Waals surface area contributed by atoms with E-state index in [0.717, 1.165) is 11.1 Å². The van der Waals surface area contributed by atoms with Crippen molar-refractivity contribution < 1.29 is 19.1 Å². The van der Waals surface area contributed by atoms with E-state index < -0.39 is 5.97 Å². The maximum Gasteiger partial charge on any atom is 0.342 e. The quantitative estimate of drug-likeness (QED) is 0.510. The number of aryl methyl sites for hydroxylation is 3. The summed E-state index contributed by atoms with van der Waals surface area (Å²) in [6, 6.07) is 16.6. The topological polar surface area (TPSA) is 92.7 Å². The Balaban J connectivity index is 1.50. The summed E-state index contributed by atoms with van der Waals surface area (Å²) in [6.45, 7) is 8.38. The minimum Gasteiger partial charge on any atom is -0.457 e. The lowest BCUT2D eigenvalue weighted by Crippen LogP contribution is -2.55. The van der Waals surface area contributed by atoms with Gasteiger partial charge in [0.05, 0.1) is 5.69 Å². The maximum atomic E-state index is 13.6. The normalized spacial score (nSPS) is 15.5. The molecular formula is C28H30N4O4. The van der Waals surface area contributed by atoms with Gasteiger partial charge in [0.15, 0.2) is 0 Å². The first-order valence-electron chi connectivity index (χ1n) is 12.0. The first-order chi connectivity index (χ1) is 17.2. The Hall–Kier alpha value is -4.07. The predicted molar refractivity (Wildman–Crippen MR) is 135 cm³/mol. The SMILES string of the molecule is Cc1ccc(C(=O)N2CCN(C(=O)c3nc(C)nc(C)c3C(=O)OCc3ccccc3)CC2C)cc1. The van der Waals surface area contributed by atoms with Crippen LogP contribution in [0, 0.1) is 20.8 Å². The molecule has 0 saturated carbocycles. The molecule has 4 rings (SSSR count). The molecule has 1 aliphatic heterocycles. The second-order valence-corrected chi connectivity index (χ2v) is 9.11. The highest BCUT2D eigenvalue weighted by atomic mass is 16.5. The summed E-state index contributed by atoms with van der Waals surface area (Å²) in [5.41, 5.74) is 3.05. The van der Waals surface area contributed by atoms with Gasteiger partial charge in [-0.2, -0.15) is 0 Å². The highest BCUT2D eigenvalue weighted by Crippen LogP contribution is 2.20. The van der Waals surface area contributed by atoms with E-state index in [9.17, 15) is 14.4 Å². The van der Waals surface area contributed by atoms with Crippen LogP contribution < -0.4 is 0 Å². The van der Waals surface area contributed by atoms with E-state index in [1.165, 1.54) is 0 Å². The number of aromatic nitrogens is 2. The highest BCUT2D eigenvalue weighted by molar-refractivity contribution is 6.04. The maximum absolute atomic E-state index is 13.6. The molecule has 0 radical (unpaired) electrons. The summed E-state index contributed by atoms with van der Waals surface area (Å²) in [7, 11) is 0. The van der Waals surface area contributed by atoms with Gasteiger partial charge in [-0.15, -0.1) is 0 Å². The van der Waals surface area contributed by atoms with E-state index >= 15 is 0 Å². The van der Waals surface area contributed by atoms with Gasteiger partial charge in [0.1, 0.15) is 23.7 Å². The third-order valence-corrected chi connectivity index (χ3v) is 6.30. The number of esters is 1. The molecule has 0 aliphatic carbocycles. The Morgan fingerprint density at radius 1 is 0.917 bits per heavy atom. The first-order valence-corrected chi connectivity index (χ1v) is 12.0. The lowest BCUT2D eigenvalue weighted by atomic mass is 10.1. The van der Waals surface area contributed by atoms with Crippen LogP contribution >= 0.6 is 0 Å². The largest absolute Gasteiger partial charge is 0.457 e. The number of hydrogen-bond donors (Lipinski definition) is 0. The second-order valence-electron chi connectivity index (χ2n) is 9.11. The van der Waals surface area contributed by atoms with E-state index in [-0.39, 0.29) is 35.7 Å². The molecule has 1 aromatic heterocycles. The van der Waals surface area contributed by atoms with E-state index in [1.54, 1.807) is 23.6 Å². The van der Waals surface area contributed by atoms with E-state index in [2.05, 4.69) is 9.97 Å². The minimum absolute atomic E-state index is 0.0311. The Labute approximate surface area is 210 Å². The third kappa shape index (κ3) is 5.43. The number of ether oxygens (including phenoxy) is 1. The van der Waals surface area contributed by atoms with Gasteiger partial charge >= 0.3 is 5.97 Å². The summed E-state index contributed by atoms with van der Waals surface area (Å²) in [5.74, 6) is -0.671. The van der Waals surface area contributed by atoms with Gasteiger partial charge in [-0.25, -0.2) is 14.8 Å². The average molecular weight is 487 g/mol. The van der Waals surface area contributed by atoms with Crippen LogP contribution in [0.4, 0.5) is 0 Å². The van der Waals surface area contributed by atoms with E-state index in [1.807, 2.05) is 68.4 Å². The predicted octanol–water partition coefficient (Wildman–Crippen LogP) is 3.75. The molecule has 0 N–H and O–H groups in total. The molecule has 1 saturated heterocycles. The van der Waals surface area contributed by atoms with Crippen LogP contribution in [0.3, 0.4) is 0 Å². The molecule has 8 nitrogen and oxygen atoms in total. The van der Waals surface area contributed by atoms with Crippen molar-refractivity contribution in [2.75, 3.05) is 19.6 Å². The number of piperazine rings is 1. The molecule has 1 aliphatic rings. The number of hydrogen-bond acceptors (Lipinski definition) is 6. The fourth-order valence-electron chi connectivity index (χ4n) is 4.36. The Morgan fingerprint density at radius 2 is 1.61 bits per heavy atom. The van der Waals surface area contributed by atoms with Crippen molar-refractivity contribution in [3.63, 3.8) is 0 Å². The number of rotatable bonds is 5. The van der Waals surface area contributed by atoms with Crippen molar-refractivity contribution >= 4 is 17.8 Å². The van der Waals surface area contributed by atoms with Crippen molar-refractivity contribution in [1.29, 1.82) is 0 Å². The molecule has 2 aromatic carbocycles. The molecule has 8 heteroatoms. The standard InChI is InChI=1S/C28H30N4O4/c1-18-10-12-23(13-11-18)26(33)32-15-14-31(16-19(32)2)27(34)25-24(20(3)29-21(4)30-25)28(35)36-17-22-8-6-5-7-9-22/h5-13,19H,14-17H2,1-4H3. The second kappa shape index (κ2) is 10.7. The molecule has 0 spiro atoms. The molecule has 0 bridgehead atoms. The van der Waals surface area contributed by atoms with Crippen molar-refractivity contribution in [1.82, 2.24) is 19.8 Å². The smallest absolute Gasteiger partial charge is 0.342 e. The van der Waals surface area contributed by atoms with Crippen molar-refractivity contribution in [2.45, 2.75) is 40.3 Å². The van der Waals surface area contributed by atoms with Gasteiger partial charge in [-0.3, -0.25) is 9.59 Å². The van der Waals surface area contributed by atoms with Gasteiger partial charge in [0.2, 0.25) is 0 Å². The summed E-state index contributed by atoms with van der Waals surface area (Å²) < 4.78 is 5.50. The van der Waals surface area contributed by atoms with Crippen LogP contribution in [0.2, 0.25) is 0 Å². The molecule has 36 heavy (non-hydrogen) atoms. The Bertz CT molecular complexity index is 1270. The lowest BCUT2D eigenvalue weighted by molar-refractivity contribution is 0.0401. The molecule has 2 amide bonds. The van der Waals surface area contributed by atoms with Crippen LogP contribution in [-0.4, -0.2) is 63.2 Å². The minimum atomic E-state index is -0.638. The number of carbonyl (C=O) groups excluding carboxylic acids is 3. The monoisotopic (exact) mass is 486 g/mol. The van der Waals surface area contributed by atoms with Crippen LogP contribution in [-0.2, 0) is 11.3 Å². The summed E-state index contributed by atoms with van der Waals surface area (Å²) in [6.07, 6.45) is 0. The lowest BCUT2D eigenvalue weighted by Gasteiger charge is -2.40. The number of amides is 2. The average Bonchev–Trinajstić information content (AvgIpc) is 2.87. The number of carbonyl (C=O) groups is 3. The highest BCUT2D eigenvalue weighted by Gasteiger charge is 2.34. The molecule has 1 fully saturated rings. The number of benzene rings is 2. The molecule has 3 aromatic rings. The summed E-state index contributed by atoms with van der Waals surface area (Å²) >= 11 is 0.